The average molecular weight is 829 g/mol. The van der Waals surface area contributed by atoms with Crippen molar-refractivity contribution in [3.05, 3.63) is 96.3 Å². The molecular formula is C42H52N4O10Si2. The Labute approximate surface area is 339 Å². The minimum Gasteiger partial charge on any atom is -0.508 e. The molecular weight excluding hydrogens is 777 g/mol. The molecule has 2 N–H and O–H groups in total. The number of fused-ring (bicyclic) bond motifs is 2. The molecule has 6 rings (SSSR count). The summed E-state index contributed by atoms with van der Waals surface area (Å²) in [5, 5.41) is 29.3. The quantitative estimate of drug-likeness (QED) is 0.0540. The Bertz CT molecular complexity index is 2150. The zero-order valence-electron chi connectivity index (χ0n) is 34.3. The van der Waals surface area contributed by atoms with Crippen LogP contribution < -0.4 is 9.47 Å². The number of aromatic nitrogens is 4. The Hall–Kier alpha value is -5.69. The number of carbonyl (C=O) groups is 2. The van der Waals surface area contributed by atoms with Crippen LogP contribution in [-0.4, -0.2) is 85.3 Å². The van der Waals surface area contributed by atoms with E-state index in [1.807, 2.05) is 0 Å². The van der Waals surface area contributed by atoms with E-state index in [1.165, 1.54) is 38.5 Å². The molecule has 0 spiro atoms. The van der Waals surface area contributed by atoms with Gasteiger partial charge in [0.1, 0.15) is 47.5 Å². The lowest BCUT2D eigenvalue weighted by molar-refractivity contribution is 0.0591. The van der Waals surface area contributed by atoms with Gasteiger partial charge >= 0.3 is 11.9 Å². The molecule has 0 atom stereocenters. The SMILES string of the molecule is COC(=O)c1cc(Oc2ccc(O)cc2)c2c(cnn2COCC[Si](C)(C)C)c1.COC(=O)c1cc(Oc2ccc(O)cc2)c2c(cnn2COCC[Si](C)(C)C)c1. The first-order chi connectivity index (χ1) is 27.5. The van der Waals surface area contributed by atoms with Crippen molar-refractivity contribution < 1.29 is 48.2 Å². The molecule has 16 heteroatoms. The number of benzene rings is 4. The van der Waals surface area contributed by atoms with Gasteiger partial charge in [0.25, 0.3) is 0 Å². The van der Waals surface area contributed by atoms with Gasteiger partial charge in [0.15, 0.2) is 11.5 Å². The Morgan fingerprint density at radius 1 is 0.586 bits per heavy atom. The first-order valence-electron chi connectivity index (χ1n) is 18.8. The van der Waals surface area contributed by atoms with E-state index in [0.29, 0.717) is 47.3 Å². The molecule has 308 valence electrons. The zero-order valence-corrected chi connectivity index (χ0v) is 36.3. The number of rotatable bonds is 16. The van der Waals surface area contributed by atoms with Crippen molar-refractivity contribution in [2.45, 2.75) is 64.8 Å². The second-order valence-corrected chi connectivity index (χ2v) is 27.2. The van der Waals surface area contributed by atoms with Crippen molar-refractivity contribution in [1.29, 1.82) is 0 Å². The summed E-state index contributed by atoms with van der Waals surface area (Å²) in [5.74, 6) is 1.35. The van der Waals surface area contributed by atoms with Crippen LogP contribution in [0.4, 0.5) is 0 Å². The number of phenolic OH excluding ortho intramolecular Hbond substituents is 2. The zero-order chi connectivity index (χ0) is 42.0. The van der Waals surface area contributed by atoms with Gasteiger partial charge in [0.05, 0.1) is 37.7 Å². The van der Waals surface area contributed by atoms with Crippen LogP contribution in [0.15, 0.2) is 85.2 Å². The summed E-state index contributed by atoms with van der Waals surface area (Å²) < 4.78 is 36.8. The predicted octanol–water partition coefficient (Wildman–Crippen LogP) is 9.27. The largest absolute Gasteiger partial charge is 0.508 e. The lowest BCUT2D eigenvalue weighted by Gasteiger charge is -2.16. The summed E-state index contributed by atoms with van der Waals surface area (Å²) in [6.07, 6.45) is 3.35. The molecule has 2 aromatic heterocycles. The van der Waals surface area contributed by atoms with Crippen molar-refractivity contribution in [2.24, 2.45) is 0 Å². The number of methoxy groups -OCH3 is 2. The van der Waals surface area contributed by atoms with Crippen LogP contribution in [0.25, 0.3) is 21.8 Å². The van der Waals surface area contributed by atoms with Gasteiger partial charge < -0.3 is 38.6 Å². The van der Waals surface area contributed by atoms with Gasteiger partial charge in [-0.1, -0.05) is 39.3 Å². The van der Waals surface area contributed by atoms with Crippen molar-refractivity contribution in [3.8, 4) is 34.5 Å². The maximum atomic E-state index is 12.1. The molecule has 4 aromatic carbocycles. The van der Waals surface area contributed by atoms with Crippen LogP contribution in [0.1, 0.15) is 20.7 Å². The molecule has 0 amide bonds. The summed E-state index contributed by atoms with van der Waals surface area (Å²) >= 11 is 0. The summed E-state index contributed by atoms with van der Waals surface area (Å²) in [4.78, 5) is 24.1. The van der Waals surface area contributed by atoms with Crippen LogP contribution in [0.5, 0.6) is 34.5 Å². The molecule has 0 fully saturated rings. The third kappa shape index (κ3) is 12.2. The van der Waals surface area contributed by atoms with Gasteiger partial charge in [-0.3, -0.25) is 0 Å². The standard InChI is InChI=1S/2C21H26N2O5Si/c2*1-26-21(25)15-11-16-13-22-23(14-27-9-10-29(2,3)4)20(16)19(12-15)28-18-7-5-17(24)6-8-18/h2*5-8,11-13,24H,9-10,14H2,1-4H3. The first-order valence-corrected chi connectivity index (χ1v) is 26.2. The second kappa shape index (κ2) is 19.2. The Balaban J connectivity index is 0.000000221. The van der Waals surface area contributed by atoms with E-state index in [-0.39, 0.29) is 25.0 Å². The molecule has 0 aliphatic carbocycles. The van der Waals surface area contributed by atoms with E-state index in [2.05, 4.69) is 49.5 Å². The highest BCUT2D eigenvalue weighted by atomic mass is 28.3. The van der Waals surface area contributed by atoms with Crippen LogP contribution >= 0.6 is 0 Å². The molecule has 0 bridgehead atoms. The number of hydrogen-bond acceptors (Lipinski definition) is 12. The van der Waals surface area contributed by atoms with Gasteiger partial charge in [-0.2, -0.15) is 10.2 Å². The van der Waals surface area contributed by atoms with Gasteiger partial charge in [0, 0.05) is 40.1 Å². The highest BCUT2D eigenvalue weighted by molar-refractivity contribution is 6.76. The van der Waals surface area contributed by atoms with Crippen molar-refractivity contribution in [1.82, 2.24) is 19.6 Å². The molecule has 0 radical (unpaired) electrons. The smallest absolute Gasteiger partial charge is 0.338 e. The number of ether oxygens (including phenoxy) is 6. The highest BCUT2D eigenvalue weighted by Gasteiger charge is 2.19. The third-order valence-electron chi connectivity index (χ3n) is 8.79. The lowest BCUT2D eigenvalue weighted by Crippen LogP contribution is -2.22. The van der Waals surface area contributed by atoms with Crippen LogP contribution in [0.3, 0.4) is 0 Å². The molecule has 0 unspecified atom stereocenters. The van der Waals surface area contributed by atoms with E-state index in [0.717, 1.165) is 33.9 Å². The molecule has 0 aliphatic heterocycles. The van der Waals surface area contributed by atoms with Crippen LogP contribution in [0, 0.1) is 0 Å². The number of carbonyl (C=O) groups excluding carboxylic acids is 2. The maximum absolute atomic E-state index is 12.1. The number of nitrogens with zero attached hydrogens (tertiary/aromatic N) is 4. The molecule has 58 heavy (non-hydrogen) atoms. The Morgan fingerprint density at radius 2 is 0.948 bits per heavy atom. The summed E-state index contributed by atoms with van der Waals surface area (Å²) in [7, 11) is 0.322. The van der Waals surface area contributed by atoms with Crippen LogP contribution in [-0.2, 0) is 32.4 Å². The van der Waals surface area contributed by atoms with E-state index in [1.54, 1.807) is 70.3 Å². The molecule has 0 aliphatic rings. The normalized spacial score (nSPS) is 11.6. The third-order valence-corrected chi connectivity index (χ3v) is 12.2. The van der Waals surface area contributed by atoms with E-state index < -0.39 is 28.1 Å². The fourth-order valence-electron chi connectivity index (χ4n) is 5.55. The van der Waals surface area contributed by atoms with E-state index >= 15 is 0 Å². The molecule has 2 heterocycles. The van der Waals surface area contributed by atoms with E-state index in [4.69, 9.17) is 28.4 Å². The van der Waals surface area contributed by atoms with Gasteiger partial charge in [-0.15, -0.1) is 0 Å². The minimum atomic E-state index is -1.18. The Kier molecular flexibility index (Phi) is 14.4. The lowest BCUT2D eigenvalue weighted by atomic mass is 10.1. The first kappa shape index (κ1) is 43.4. The van der Waals surface area contributed by atoms with Crippen molar-refractivity contribution >= 4 is 49.9 Å². The fraction of sp³-hybridized carbons (Fsp3) is 0.333. The number of phenols is 2. The Morgan fingerprint density at radius 3 is 1.28 bits per heavy atom. The number of esters is 2. The van der Waals surface area contributed by atoms with Gasteiger partial charge in [-0.05, 0) is 84.9 Å². The highest BCUT2D eigenvalue weighted by Crippen LogP contribution is 2.34. The summed E-state index contributed by atoms with van der Waals surface area (Å²) in [6.45, 7) is 15.7. The van der Waals surface area contributed by atoms with Crippen molar-refractivity contribution in [2.75, 3.05) is 27.4 Å². The molecule has 0 saturated carbocycles. The monoisotopic (exact) mass is 828 g/mol. The average Bonchev–Trinajstić information content (AvgIpc) is 3.80. The minimum absolute atomic E-state index is 0.145. The predicted molar refractivity (Wildman–Crippen MR) is 227 cm³/mol. The summed E-state index contributed by atoms with van der Waals surface area (Å²) in [6, 6.07) is 21.6. The second-order valence-electron chi connectivity index (χ2n) is 16.0. The van der Waals surface area contributed by atoms with Gasteiger partial charge in [-0.25, -0.2) is 19.0 Å². The maximum Gasteiger partial charge on any atom is 0.338 e. The summed E-state index contributed by atoms with van der Waals surface area (Å²) in [5.41, 5.74) is 2.18. The molecule has 0 saturated heterocycles. The number of aromatic hydroxyl groups is 2. The van der Waals surface area contributed by atoms with E-state index in [9.17, 15) is 19.8 Å². The number of hydrogen-bond donors (Lipinski definition) is 2. The van der Waals surface area contributed by atoms with Crippen molar-refractivity contribution in [3.63, 3.8) is 0 Å². The van der Waals surface area contributed by atoms with Crippen LogP contribution in [0.2, 0.25) is 51.4 Å². The fourth-order valence-corrected chi connectivity index (χ4v) is 7.06. The molecule has 6 aromatic rings. The topological polar surface area (TPSA) is 166 Å². The van der Waals surface area contributed by atoms with Gasteiger partial charge in [0.2, 0.25) is 0 Å². The molecule has 14 nitrogen and oxygen atoms in total.